The Balaban J connectivity index is 2.45. The molecule has 0 spiro atoms. The average Bonchev–Trinajstić information content (AvgIpc) is 2.62. The lowest BCUT2D eigenvalue weighted by atomic mass is 10.5. The molecule has 0 unspecified atom stereocenters. The van der Waals surface area contributed by atoms with Gasteiger partial charge in [-0.15, -0.1) is 0 Å². The summed E-state index contributed by atoms with van der Waals surface area (Å²) in [6.45, 7) is 0. The molecule has 15 heavy (non-hydrogen) atoms. The van der Waals surface area contributed by atoms with Crippen LogP contribution in [0.25, 0.3) is 5.82 Å². The summed E-state index contributed by atoms with van der Waals surface area (Å²) in [5.41, 5.74) is -0.384. The molecule has 2 aromatic heterocycles. The number of rotatable bonds is 2. The first-order valence-corrected chi connectivity index (χ1v) is 4.36. The van der Waals surface area contributed by atoms with Gasteiger partial charge in [0.1, 0.15) is 10.8 Å². The number of aromatic nitrogens is 4. The molecule has 0 fully saturated rings. The number of nitrogens with zero attached hydrogens (tertiary/aromatic N) is 4. The predicted molar refractivity (Wildman–Crippen MR) is 49.1 cm³/mol. The molecule has 2 rings (SSSR count). The second-order valence-electron chi connectivity index (χ2n) is 2.67. The molecule has 4 nitrogen and oxygen atoms in total. The Hall–Kier alpha value is -1.56. The zero-order valence-electron chi connectivity index (χ0n) is 7.31. The van der Waals surface area contributed by atoms with Crippen molar-refractivity contribution in [2.45, 2.75) is 6.43 Å². The first-order chi connectivity index (χ1) is 7.18. The largest absolute Gasteiger partial charge is 0.282 e. The van der Waals surface area contributed by atoms with Crippen LogP contribution in [0.5, 0.6) is 0 Å². The van der Waals surface area contributed by atoms with E-state index in [-0.39, 0.29) is 10.8 Å². The van der Waals surface area contributed by atoms with Gasteiger partial charge in [0, 0.05) is 18.5 Å². The van der Waals surface area contributed by atoms with E-state index in [1.165, 1.54) is 18.6 Å². The Kier molecular flexibility index (Phi) is 2.59. The minimum Gasteiger partial charge on any atom is -0.259 e. The molecule has 0 aromatic carbocycles. The number of halogens is 3. The standard InChI is InChI=1S/C8H5ClF2N4/c9-6-3-5(8(10)11)14-15(6)7-4-12-1-2-13-7/h1-4,8H. The maximum atomic E-state index is 12.3. The van der Waals surface area contributed by atoms with Crippen molar-refractivity contribution in [1.82, 2.24) is 19.7 Å². The molecule has 2 aromatic rings. The van der Waals surface area contributed by atoms with Crippen LogP contribution < -0.4 is 0 Å². The van der Waals surface area contributed by atoms with Crippen molar-refractivity contribution in [2.24, 2.45) is 0 Å². The average molecular weight is 231 g/mol. The van der Waals surface area contributed by atoms with Gasteiger partial charge in [-0.05, 0) is 0 Å². The van der Waals surface area contributed by atoms with Crippen molar-refractivity contribution in [2.75, 3.05) is 0 Å². The molecule has 0 aliphatic rings. The van der Waals surface area contributed by atoms with E-state index in [0.29, 0.717) is 5.82 Å². The van der Waals surface area contributed by atoms with Crippen LogP contribution in [0.15, 0.2) is 24.7 Å². The highest BCUT2D eigenvalue weighted by Crippen LogP contribution is 2.22. The van der Waals surface area contributed by atoms with Crippen LogP contribution in [0, 0.1) is 0 Å². The van der Waals surface area contributed by atoms with Crippen LogP contribution in [0.1, 0.15) is 12.1 Å². The fourth-order valence-corrected chi connectivity index (χ4v) is 1.28. The van der Waals surface area contributed by atoms with E-state index in [1.54, 1.807) is 0 Å². The lowest BCUT2D eigenvalue weighted by Gasteiger charge is -1.99. The minimum atomic E-state index is -2.65. The lowest BCUT2D eigenvalue weighted by Crippen LogP contribution is -2.00. The van der Waals surface area contributed by atoms with Gasteiger partial charge < -0.3 is 0 Å². The highest BCUT2D eigenvalue weighted by atomic mass is 35.5. The summed E-state index contributed by atoms with van der Waals surface area (Å²) in [6.07, 6.45) is 1.62. The fourth-order valence-electron chi connectivity index (χ4n) is 1.04. The van der Waals surface area contributed by atoms with E-state index in [0.717, 1.165) is 10.7 Å². The van der Waals surface area contributed by atoms with Crippen molar-refractivity contribution in [3.8, 4) is 5.82 Å². The van der Waals surface area contributed by atoms with Gasteiger partial charge in [0.2, 0.25) is 0 Å². The predicted octanol–water partition coefficient (Wildman–Crippen LogP) is 2.25. The van der Waals surface area contributed by atoms with Crippen LogP contribution in [0.3, 0.4) is 0 Å². The Morgan fingerprint density at radius 1 is 1.33 bits per heavy atom. The van der Waals surface area contributed by atoms with E-state index in [2.05, 4.69) is 15.1 Å². The van der Waals surface area contributed by atoms with Gasteiger partial charge in [-0.2, -0.15) is 5.10 Å². The number of hydrogen-bond donors (Lipinski definition) is 0. The van der Waals surface area contributed by atoms with Gasteiger partial charge in [0.15, 0.2) is 5.82 Å². The van der Waals surface area contributed by atoms with Crippen LogP contribution >= 0.6 is 11.6 Å². The van der Waals surface area contributed by atoms with Crippen LogP contribution in [0.4, 0.5) is 8.78 Å². The Bertz CT molecular complexity index is 457. The maximum absolute atomic E-state index is 12.3. The van der Waals surface area contributed by atoms with Crippen LogP contribution in [-0.4, -0.2) is 19.7 Å². The minimum absolute atomic E-state index is 0.0748. The summed E-state index contributed by atoms with van der Waals surface area (Å²) in [6, 6.07) is 1.10. The molecule has 0 radical (unpaired) electrons. The molecule has 0 saturated carbocycles. The first kappa shape index (κ1) is 9.97. The van der Waals surface area contributed by atoms with Crippen molar-refractivity contribution in [1.29, 1.82) is 0 Å². The zero-order chi connectivity index (χ0) is 10.8. The number of hydrogen-bond acceptors (Lipinski definition) is 3. The third-order valence-electron chi connectivity index (χ3n) is 1.67. The molecule has 0 N–H and O–H groups in total. The SMILES string of the molecule is FC(F)c1cc(Cl)n(-c2cnccn2)n1. The van der Waals surface area contributed by atoms with Gasteiger partial charge in [-0.25, -0.2) is 18.4 Å². The van der Waals surface area contributed by atoms with E-state index in [1.807, 2.05) is 0 Å². The normalized spacial score (nSPS) is 10.9. The Morgan fingerprint density at radius 3 is 2.67 bits per heavy atom. The van der Waals surface area contributed by atoms with E-state index >= 15 is 0 Å². The first-order valence-electron chi connectivity index (χ1n) is 3.98. The lowest BCUT2D eigenvalue weighted by molar-refractivity contribution is 0.145. The second kappa shape index (κ2) is 3.90. The van der Waals surface area contributed by atoms with Crippen molar-refractivity contribution in [3.63, 3.8) is 0 Å². The molecular weight excluding hydrogens is 226 g/mol. The van der Waals surface area contributed by atoms with Gasteiger partial charge in [-0.1, -0.05) is 11.6 Å². The van der Waals surface area contributed by atoms with Gasteiger partial charge in [0.25, 0.3) is 6.43 Å². The molecule has 2 heterocycles. The van der Waals surface area contributed by atoms with Crippen molar-refractivity contribution >= 4 is 11.6 Å². The smallest absolute Gasteiger partial charge is 0.259 e. The highest BCUT2D eigenvalue weighted by Gasteiger charge is 2.15. The molecule has 78 valence electrons. The molecule has 7 heteroatoms. The van der Waals surface area contributed by atoms with Crippen LogP contribution in [0.2, 0.25) is 5.15 Å². The quantitative estimate of drug-likeness (QED) is 0.795. The summed E-state index contributed by atoms with van der Waals surface area (Å²) in [7, 11) is 0. The van der Waals surface area contributed by atoms with E-state index in [4.69, 9.17) is 11.6 Å². The maximum Gasteiger partial charge on any atom is 0.282 e. The molecule has 0 aliphatic heterocycles. The number of alkyl halides is 2. The topological polar surface area (TPSA) is 43.6 Å². The van der Waals surface area contributed by atoms with Gasteiger partial charge in [0.05, 0.1) is 6.20 Å². The summed E-state index contributed by atoms with van der Waals surface area (Å²) in [5, 5.41) is 3.69. The Morgan fingerprint density at radius 2 is 2.13 bits per heavy atom. The van der Waals surface area contributed by atoms with Crippen molar-refractivity contribution < 1.29 is 8.78 Å². The highest BCUT2D eigenvalue weighted by molar-refractivity contribution is 6.29. The monoisotopic (exact) mass is 230 g/mol. The van der Waals surface area contributed by atoms with E-state index in [9.17, 15) is 8.78 Å². The molecule has 0 atom stereocenters. The van der Waals surface area contributed by atoms with Gasteiger partial charge >= 0.3 is 0 Å². The molecule has 0 amide bonds. The zero-order valence-corrected chi connectivity index (χ0v) is 8.07. The third-order valence-corrected chi connectivity index (χ3v) is 1.94. The van der Waals surface area contributed by atoms with Gasteiger partial charge in [-0.3, -0.25) is 4.98 Å². The molecule has 0 bridgehead atoms. The molecular formula is C8H5ClF2N4. The fraction of sp³-hybridized carbons (Fsp3) is 0.125. The molecule has 0 saturated heterocycles. The summed E-state index contributed by atoms with van der Waals surface area (Å²) >= 11 is 5.72. The summed E-state index contributed by atoms with van der Waals surface area (Å²) in [5.74, 6) is 0.300. The molecule has 0 aliphatic carbocycles. The summed E-state index contributed by atoms with van der Waals surface area (Å²) < 4.78 is 25.7. The second-order valence-corrected chi connectivity index (χ2v) is 3.06. The van der Waals surface area contributed by atoms with Crippen LogP contribution in [-0.2, 0) is 0 Å². The van der Waals surface area contributed by atoms with Crippen molar-refractivity contribution in [3.05, 3.63) is 35.5 Å². The summed E-state index contributed by atoms with van der Waals surface area (Å²) in [4.78, 5) is 7.68. The van der Waals surface area contributed by atoms with E-state index < -0.39 is 6.43 Å². The Labute approximate surface area is 88.5 Å². The third kappa shape index (κ3) is 1.94.